The fourth-order valence-corrected chi connectivity index (χ4v) is 5.33. The lowest BCUT2D eigenvalue weighted by Crippen LogP contribution is -2.66. The van der Waals surface area contributed by atoms with Gasteiger partial charge in [-0.1, -0.05) is 26.0 Å². The number of benzene rings is 1. The van der Waals surface area contributed by atoms with Crippen molar-refractivity contribution in [3.63, 3.8) is 0 Å². The Morgan fingerprint density at radius 1 is 1.33 bits per heavy atom. The Labute approximate surface area is 159 Å². The minimum absolute atomic E-state index is 0.0537. The molecular formula is C22H28N2O3. The molecule has 2 unspecified atom stereocenters. The number of nitrogens with one attached hydrogen (secondary N) is 1. The van der Waals surface area contributed by atoms with Gasteiger partial charge in [0.2, 0.25) is 5.91 Å². The minimum Gasteiger partial charge on any atom is -0.481 e. The number of carbonyl (C=O) groups is 2. The van der Waals surface area contributed by atoms with E-state index in [0.29, 0.717) is 25.7 Å². The van der Waals surface area contributed by atoms with Crippen molar-refractivity contribution in [1.82, 2.24) is 9.88 Å². The van der Waals surface area contributed by atoms with Gasteiger partial charge in [0.25, 0.3) is 0 Å². The van der Waals surface area contributed by atoms with Gasteiger partial charge in [-0.15, -0.1) is 0 Å². The quantitative estimate of drug-likeness (QED) is 0.830. The molecule has 3 fully saturated rings. The number of aliphatic carboxylic acids is 1. The molecule has 5 heteroatoms. The number of aromatic nitrogens is 1. The predicted molar refractivity (Wildman–Crippen MR) is 105 cm³/mol. The van der Waals surface area contributed by atoms with Gasteiger partial charge in [-0.05, 0) is 55.7 Å². The summed E-state index contributed by atoms with van der Waals surface area (Å²) in [5, 5.41) is 10.8. The van der Waals surface area contributed by atoms with E-state index in [1.54, 1.807) is 0 Å². The lowest BCUT2D eigenvalue weighted by Gasteiger charge is -2.58. The average Bonchev–Trinajstić information content (AvgIpc) is 3.05. The predicted octanol–water partition coefficient (Wildman–Crippen LogP) is 4.21. The smallest absolute Gasteiger partial charge is 0.309 e. The van der Waals surface area contributed by atoms with E-state index in [4.69, 9.17) is 0 Å². The van der Waals surface area contributed by atoms with Crippen molar-refractivity contribution >= 4 is 22.8 Å². The van der Waals surface area contributed by atoms with Gasteiger partial charge in [0.05, 0.1) is 5.41 Å². The van der Waals surface area contributed by atoms with Gasteiger partial charge in [-0.2, -0.15) is 0 Å². The number of H-pyrrole nitrogens is 1. The topological polar surface area (TPSA) is 73.4 Å². The van der Waals surface area contributed by atoms with E-state index in [0.717, 1.165) is 11.9 Å². The van der Waals surface area contributed by atoms with Crippen LogP contribution in [0.25, 0.3) is 10.9 Å². The first-order valence-electron chi connectivity index (χ1n) is 9.97. The number of carboxylic acids is 1. The van der Waals surface area contributed by atoms with E-state index < -0.39 is 11.4 Å². The first-order valence-corrected chi connectivity index (χ1v) is 9.97. The van der Waals surface area contributed by atoms with Gasteiger partial charge in [-0.25, -0.2) is 0 Å². The minimum atomic E-state index is -0.688. The highest BCUT2D eigenvalue weighted by atomic mass is 16.4. The Bertz CT molecular complexity index is 894. The van der Waals surface area contributed by atoms with Crippen LogP contribution in [0.3, 0.4) is 0 Å². The highest BCUT2D eigenvalue weighted by Crippen LogP contribution is 2.54. The maximum Gasteiger partial charge on any atom is 0.309 e. The molecule has 2 aliphatic heterocycles. The van der Waals surface area contributed by atoms with Crippen LogP contribution < -0.4 is 0 Å². The summed E-state index contributed by atoms with van der Waals surface area (Å²) in [6.45, 7) is 6.27. The van der Waals surface area contributed by atoms with E-state index in [1.807, 2.05) is 17.2 Å². The Morgan fingerprint density at radius 3 is 2.74 bits per heavy atom. The van der Waals surface area contributed by atoms with Gasteiger partial charge in [0.15, 0.2) is 0 Å². The third kappa shape index (κ3) is 2.75. The van der Waals surface area contributed by atoms with Crippen LogP contribution in [-0.4, -0.2) is 39.0 Å². The van der Waals surface area contributed by atoms with E-state index in [2.05, 4.69) is 37.9 Å². The number of hydrogen-bond acceptors (Lipinski definition) is 2. The molecule has 3 aliphatic rings. The van der Waals surface area contributed by atoms with Crippen molar-refractivity contribution in [2.45, 2.75) is 70.9 Å². The fraction of sp³-hybridized carbons (Fsp3) is 0.545. The van der Waals surface area contributed by atoms with Crippen LogP contribution in [-0.2, 0) is 9.59 Å². The molecule has 3 heterocycles. The Kier molecular flexibility index (Phi) is 4.28. The van der Waals surface area contributed by atoms with Gasteiger partial charge in [-0.3, -0.25) is 9.59 Å². The Morgan fingerprint density at radius 2 is 2.07 bits per heavy atom. The molecule has 1 amide bonds. The van der Waals surface area contributed by atoms with Crippen LogP contribution in [0.4, 0.5) is 0 Å². The van der Waals surface area contributed by atoms with Gasteiger partial charge < -0.3 is 15.0 Å². The maximum absolute atomic E-state index is 13.2. The molecule has 0 spiro atoms. The molecule has 5 rings (SSSR count). The van der Waals surface area contributed by atoms with E-state index >= 15 is 0 Å². The van der Waals surface area contributed by atoms with Crippen LogP contribution in [0.5, 0.6) is 0 Å². The lowest BCUT2D eigenvalue weighted by molar-refractivity contribution is -0.181. The molecule has 1 aromatic heterocycles. The standard InChI is InChI=1S/C22H28N2O3/c1-4-15-9-22(21(26)27)10-16(11-22)24(15)19(25)8-14(3)17-12-23-18-7-5-6-13(2)20(17)18/h5-7,12,14-16,23H,4,8-11H2,1-3H3,(H,26,27). The SMILES string of the molecule is CCC1CC2(C(=O)O)CC(C2)N1C(=O)CC(C)c1c[nH]c2cccc(C)c12. The second kappa shape index (κ2) is 6.39. The number of aromatic amines is 1. The number of hydrogen-bond donors (Lipinski definition) is 2. The molecule has 0 radical (unpaired) electrons. The van der Waals surface area contributed by atoms with Crippen molar-refractivity contribution in [3.05, 3.63) is 35.5 Å². The van der Waals surface area contributed by atoms with Crippen LogP contribution in [0.15, 0.2) is 24.4 Å². The molecule has 1 saturated carbocycles. The monoisotopic (exact) mass is 368 g/mol. The zero-order valence-corrected chi connectivity index (χ0v) is 16.3. The molecular weight excluding hydrogens is 340 g/mol. The number of amides is 1. The number of fused-ring (bicyclic) bond motifs is 3. The molecule has 2 saturated heterocycles. The number of nitrogens with zero attached hydrogens (tertiary/aromatic N) is 1. The summed E-state index contributed by atoms with van der Waals surface area (Å²) < 4.78 is 0. The van der Waals surface area contributed by atoms with Crippen molar-refractivity contribution in [3.8, 4) is 0 Å². The summed E-state index contributed by atoms with van der Waals surface area (Å²) in [7, 11) is 0. The van der Waals surface area contributed by atoms with Gasteiger partial charge >= 0.3 is 5.97 Å². The number of carboxylic acid groups (broad SMARTS) is 1. The van der Waals surface area contributed by atoms with Crippen LogP contribution in [0.2, 0.25) is 0 Å². The number of aryl methyl sites for hydroxylation is 1. The lowest BCUT2D eigenvalue weighted by atomic mass is 9.57. The molecule has 2 aromatic rings. The van der Waals surface area contributed by atoms with Crippen molar-refractivity contribution in [2.24, 2.45) is 5.41 Å². The summed E-state index contributed by atoms with van der Waals surface area (Å²) in [6, 6.07) is 6.37. The summed E-state index contributed by atoms with van der Waals surface area (Å²) in [4.78, 5) is 30.1. The zero-order chi connectivity index (χ0) is 19.3. The normalized spacial score (nSPS) is 28.0. The molecule has 2 N–H and O–H groups in total. The third-order valence-corrected chi connectivity index (χ3v) is 6.84. The highest BCUT2D eigenvalue weighted by molar-refractivity contribution is 5.88. The molecule has 1 aromatic carbocycles. The maximum atomic E-state index is 13.2. The van der Waals surface area contributed by atoms with E-state index in [9.17, 15) is 14.7 Å². The summed E-state index contributed by atoms with van der Waals surface area (Å²) in [5.41, 5.74) is 2.94. The third-order valence-electron chi connectivity index (χ3n) is 6.84. The first kappa shape index (κ1) is 18.1. The number of carbonyl (C=O) groups excluding carboxylic acids is 1. The number of rotatable bonds is 5. The summed E-state index contributed by atoms with van der Waals surface area (Å²) in [6.07, 6.45) is 5.14. The van der Waals surface area contributed by atoms with Crippen molar-refractivity contribution < 1.29 is 14.7 Å². The second-order valence-electron chi connectivity index (χ2n) is 8.56. The fourth-order valence-electron chi connectivity index (χ4n) is 5.33. The molecule has 144 valence electrons. The van der Waals surface area contributed by atoms with Gasteiger partial charge in [0.1, 0.15) is 0 Å². The zero-order valence-electron chi connectivity index (χ0n) is 16.3. The van der Waals surface area contributed by atoms with E-state index in [-0.39, 0.29) is 23.9 Å². The molecule has 2 atom stereocenters. The van der Waals surface area contributed by atoms with E-state index in [1.165, 1.54) is 16.5 Å². The van der Waals surface area contributed by atoms with Crippen LogP contribution >= 0.6 is 0 Å². The molecule has 1 aliphatic carbocycles. The van der Waals surface area contributed by atoms with Crippen LogP contribution in [0, 0.1) is 12.3 Å². The van der Waals surface area contributed by atoms with Crippen molar-refractivity contribution in [2.75, 3.05) is 0 Å². The van der Waals surface area contributed by atoms with Crippen molar-refractivity contribution in [1.29, 1.82) is 0 Å². The first-order chi connectivity index (χ1) is 12.9. The highest BCUT2D eigenvalue weighted by Gasteiger charge is 2.59. The number of piperidine rings is 2. The molecule has 27 heavy (non-hydrogen) atoms. The van der Waals surface area contributed by atoms with Crippen LogP contribution in [0.1, 0.15) is 63.0 Å². The summed E-state index contributed by atoms with van der Waals surface area (Å²) in [5.74, 6) is -0.399. The Balaban J connectivity index is 1.53. The average molecular weight is 368 g/mol. The Hall–Kier alpha value is -2.30. The van der Waals surface area contributed by atoms with Gasteiger partial charge in [0, 0.05) is 35.6 Å². The molecule has 5 nitrogen and oxygen atoms in total. The summed E-state index contributed by atoms with van der Waals surface area (Å²) >= 11 is 0. The molecule has 2 bridgehead atoms. The largest absolute Gasteiger partial charge is 0.481 e. The second-order valence-corrected chi connectivity index (χ2v) is 8.56.